The summed E-state index contributed by atoms with van der Waals surface area (Å²) in [5, 5.41) is 7.76. The fourth-order valence-electron chi connectivity index (χ4n) is 6.47. The van der Waals surface area contributed by atoms with Gasteiger partial charge >= 0.3 is 0 Å². The van der Waals surface area contributed by atoms with Gasteiger partial charge < -0.3 is 9.13 Å². The van der Waals surface area contributed by atoms with E-state index >= 15 is 0 Å². The van der Waals surface area contributed by atoms with Crippen LogP contribution in [0.1, 0.15) is 0 Å². The Labute approximate surface area is 228 Å². The van der Waals surface area contributed by atoms with E-state index in [0.717, 1.165) is 0 Å². The lowest BCUT2D eigenvalue weighted by molar-refractivity contribution is 1.13. The summed E-state index contributed by atoms with van der Waals surface area (Å²) in [6.07, 6.45) is 0. The van der Waals surface area contributed by atoms with Crippen LogP contribution in [0.25, 0.3) is 75.2 Å². The number of hydrogen-bond donors (Lipinski definition) is 0. The van der Waals surface area contributed by atoms with E-state index in [4.69, 9.17) is 0 Å². The topological polar surface area (TPSA) is 9.86 Å². The van der Waals surface area contributed by atoms with Gasteiger partial charge in [0, 0.05) is 47.4 Å². The van der Waals surface area contributed by atoms with Crippen molar-refractivity contribution in [3.63, 3.8) is 0 Å². The van der Waals surface area contributed by atoms with Crippen LogP contribution in [-0.2, 0) is 0 Å². The lowest BCUT2D eigenvalue weighted by Crippen LogP contribution is -2.00. The Morgan fingerprint density at radius 2 is 1.03 bits per heavy atom. The van der Waals surface area contributed by atoms with Gasteiger partial charge in [0.2, 0.25) is 0 Å². The van der Waals surface area contributed by atoms with Crippen LogP contribution in [0.4, 0.5) is 0 Å². The summed E-state index contributed by atoms with van der Waals surface area (Å²) in [4.78, 5) is 0. The van der Waals surface area contributed by atoms with Crippen molar-refractivity contribution in [1.29, 1.82) is 0 Å². The predicted molar refractivity (Wildman–Crippen MR) is 168 cm³/mol. The van der Waals surface area contributed by atoms with E-state index in [0.29, 0.717) is 0 Å². The molecule has 3 aromatic heterocycles. The second-order valence-electron chi connectivity index (χ2n) is 10.2. The minimum absolute atomic E-state index is 1.17. The van der Waals surface area contributed by atoms with Gasteiger partial charge in [-0.3, -0.25) is 0 Å². The number of benzene rings is 6. The number of nitrogens with zero attached hydrogens (tertiary/aromatic N) is 2. The maximum atomic E-state index is 2.48. The molecule has 0 saturated heterocycles. The van der Waals surface area contributed by atoms with E-state index in [1.54, 1.807) is 0 Å². The van der Waals surface area contributed by atoms with E-state index in [-0.39, 0.29) is 0 Å². The molecule has 0 amide bonds. The lowest BCUT2D eigenvalue weighted by Gasteiger charge is -2.14. The number of thiophene rings is 1. The molecule has 0 spiro atoms. The summed E-state index contributed by atoms with van der Waals surface area (Å²) in [7, 11) is 0. The molecule has 0 N–H and O–H groups in total. The van der Waals surface area contributed by atoms with Crippen molar-refractivity contribution < 1.29 is 0 Å². The van der Waals surface area contributed by atoms with E-state index in [1.807, 2.05) is 11.3 Å². The molecule has 0 aliphatic rings. The van der Waals surface area contributed by atoms with Crippen molar-refractivity contribution in [2.45, 2.75) is 0 Å². The van der Waals surface area contributed by atoms with Crippen molar-refractivity contribution in [3.8, 4) is 11.4 Å². The first kappa shape index (κ1) is 21.1. The van der Waals surface area contributed by atoms with E-state index < -0.39 is 0 Å². The van der Waals surface area contributed by atoms with Crippen LogP contribution in [0, 0.1) is 0 Å². The first-order valence-electron chi connectivity index (χ1n) is 13.3. The third-order valence-corrected chi connectivity index (χ3v) is 9.23. The molecule has 0 bridgehead atoms. The Kier molecular flexibility index (Phi) is 4.24. The molecule has 182 valence electrons. The van der Waals surface area contributed by atoms with Crippen molar-refractivity contribution >= 4 is 75.1 Å². The summed E-state index contributed by atoms with van der Waals surface area (Å²) >= 11 is 1.88. The second kappa shape index (κ2) is 7.83. The third kappa shape index (κ3) is 2.85. The van der Waals surface area contributed by atoms with Crippen LogP contribution in [0.2, 0.25) is 0 Å². The molecule has 2 nitrogen and oxygen atoms in total. The van der Waals surface area contributed by atoms with Gasteiger partial charge in [-0.15, -0.1) is 11.3 Å². The largest absolute Gasteiger partial charge is 0.307 e. The van der Waals surface area contributed by atoms with Crippen molar-refractivity contribution in [1.82, 2.24) is 9.13 Å². The van der Waals surface area contributed by atoms with Gasteiger partial charge in [-0.2, -0.15) is 0 Å². The molecule has 6 aromatic carbocycles. The zero-order valence-electron chi connectivity index (χ0n) is 21.0. The molecule has 0 radical (unpaired) electrons. The molecule has 39 heavy (non-hydrogen) atoms. The first-order valence-corrected chi connectivity index (χ1v) is 14.1. The molecular formula is C36H22N2S. The van der Waals surface area contributed by atoms with Crippen LogP contribution in [0.3, 0.4) is 0 Å². The van der Waals surface area contributed by atoms with Crippen molar-refractivity contribution in [3.05, 3.63) is 133 Å². The van der Waals surface area contributed by atoms with Crippen LogP contribution in [0.15, 0.2) is 133 Å². The zero-order valence-corrected chi connectivity index (χ0v) is 21.8. The molecule has 0 aliphatic carbocycles. The summed E-state index contributed by atoms with van der Waals surface area (Å²) < 4.78 is 7.58. The standard InChI is InChI=1S/C36H22N2S/c1-2-11-23(12-3-1)37-30-17-7-4-13-24(30)27-16-10-19-32(36(27)37)38-31-18-8-5-14-25(31)28-22-35-29(21-33(28)38)26-15-6-9-20-34(26)39-35/h1-22H. The molecule has 0 unspecified atom stereocenters. The number of aromatic nitrogens is 2. The summed E-state index contributed by atoms with van der Waals surface area (Å²) in [5.74, 6) is 0. The van der Waals surface area contributed by atoms with Crippen LogP contribution < -0.4 is 0 Å². The Bertz CT molecular complexity index is 2390. The minimum atomic E-state index is 1.17. The molecule has 0 fully saturated rings. The van der Waals surface area contributed by atoms with E-state index in [2.05, 4.69) is 143 Å². The number of rotatable bonds is 2. The maximum absolute atomic E-state index is 2.48. The van der Waals surface area contributed by atoms with Crippen molar-refractivity contribution in [2.75, 3.05) is 0 Å². The molecule has 9 rings (SSSR count). The molecule has 3 heteroatoms. The Morgan fingerprint density at radius 3 is 1.85 bits per heavy atom. The fourth-order valence-corrected chi connectivity index (χ4v) is 7.60. The van der Waals surface area contributed by atoms with Gasteiger partial charge in [0.15, 0.2) is 0 Å². The maximum Gasteiger partial charge on any atom is 0.0782 e. The zero-order chi connectivity index (χ0) is 25.5. The summed E-state index contributed by atoms with van der Waals surface area (Å²) in [6.45, 7) is 0. The monoisotopic (exact) mass is 514 g/mol. The Hall–Kier alpha value is -4.86. The van der Waals surface area contributed by atoms with Crippen LogP contribution in [-0.4, -0.2) is 9.13 Å². The average molecular weight is 515 g/mol. The fraction of sp³-hybridized carbons (Fsp3) is 0. The quantitative estimate of drug-likeness (QED) is 0.217. The van der Waals surface area contributed by atoms with Gasteiger partial charge in [-0.05, 0) is 48.5 Å². The number of para-hydroxylation sites is 4. The highest BCUT2D eigenvalue weighted by molar-refractivity contribution is 7.25. The van der Waals surface area contributed by atoms with Gasteiger partial charge in [0.1, 0.15) is 0 Å². The second-order valence-corrected chi connectivity index (χ2v) is 11.3. The molecule has 0 saturated carbocycles. The Morgan fingerprint density at radius 1 is 0.385 bits per heavy atom. The summed E-state index contributed by atoms with van der Waals surface area (Å²) in [5.41, 5.74) is 7.28. The van der Waals surface area contributed by atoms with Gasteiger partial charge in [0.25, 0.3) is 0 Å². The SMILES string of the molecule is c1ccc(-n2c3ccccc3c3cccc(-n4c5ccccc5c5cc6sc7ccccc7c6cc54)c32)cc1. The normalized spacial score (nSPS) is 12.1. The first-order chi connectivity index (χ1) is 19.4. The van der Waals surface area contributed by atoms with Crippen molar-refractivity contribution in [2.24, 2.45) is 0 Å². The lowest BCUT2D eigenvalue weighted by atomic mass is 10.1. The third-order valence-electron chi connectivity index (χ3n) is 8.10. The van der Waals surface area contributed by atoms with Crippen LogP contribution in [0.5, 0.6) is 0 Å². The van der Waals surface area contributed by atoms with E-state index in [9.17, 15) is 0 Å². The predicted octanol–water partition coefficient (Wildman–Crippen LogP) is 10.2. The van der Waals surface area contributed by atoms with Gasteiger partial charge in [0.05, 0.1) is 27.8 Å². The molecular weight excluding hydrogens is 492 g/mol. The average Bonchev–Trinajstić information content (AvgIpc) is 3.64. The summed E-state index contributed by atoms with van der Waals surface area (Å²) in [6, 6.07) is 48.7. The van der Waals surface area contributed by atoms with Gasteiger partial charge in [-0.1, -0.05) is 84.9 Å². The molecule has 3 heterocycles. The van der Waals surface area contributed by atoms with E-state index in [1.165, 1.54) is 75.2 Å². The minimum Gasteiger partial charge on any atom is -0.307 e. The van der Waals surface area contributed by atoms with Crippen LogP contribution >= 0.6 is 11.3 Å². The number of hydrogen-bond acceptors (Lipinski definition) is 1. The highest BCUT2D eigenvalue weighted by Crippen LogP contribution is 2.42. The smallest absolute Gasteiger partial charge is 0.0782 e. The molecule has 0 aliphatic heterocycles. The van der Waals surface area contributed by atoms with Gasteiger partial charge in [-0.25, -0.2) is 0 Å². The molecule has 0 atom stereocenters. The number of fused-ring (bicyclic) bond motifs is 9. The highest BCUT2D eigenvalue weighted by Gasteiger charge is 2.20. The molecule has 9 aromatic rings. The highest BCUT2D eigenvalue weighted by atomic mass is 32.1. The Balaban J connectivity index is 1.50.